The third-order valence-electron chi connectivity index (χ3n) is 6.12. The van der Waals surface area contributed by atoms with Crippen LogP contribution in [0.2, 0.25) is 0 Å². The molecule has 2 aromatic carbocycles. The van der Waals surface area contributed by atoms with Gasteiger partial charge in [-0.2, -0.15) is 10.5 Å². The molecule has 2 N–H and O–H groups in total. The van der Waals surface area contributed by atoms with Crippen LogP contribution < -0.4 is 9.80 Å². The van der Waals surface area contributed by atoms with Gasteiger partial charge in [0.15, 0.2) is 0 Å². The highest BCUT2D eigenvalue weighted by molar-refractivity contribution is 5.99. The molecule has 2 rings (SSSR count). The van der Waals surface area contributed by atoms with Crippen molar-refractivity contribution in [3.8, 4) is 23.6 Å². The molecule has 10 nitrogen and oxygen atoms in total. The van der Waals surface area contributed by atoms with Crippen molar-refractivity contribution in [1.82, 2.24) is 0 Å². The molecule has 0 aliphatic rings. The summed E-state index contributed by atoms with van der Waals surface area (Å²) in [4.78, 5) is 28.8. The molecule has 0 amide bonds. The minimum atomic E-state index is -0.958. The number of phenolic OH excluding ortho intramolecular Hbond substituents is 2. The number of esters is 2. The lowest BCUT2D eigenvalue weighted by Gasteiger charge is -2.21. The summed E-state index contributed by atoms with van der Waals surface area (Å²) in [6.07, 6.45) is 2.42. The summed E-state index contributed by atoms with van der Waals surface area (Å²) >= 11 is 0. The van der Waals surface area contributed by atoms with E-state index in [1.165, 1.54) is 12.2 Å². The topological polar surface area (TPSA) is 147 Å². The molecule has 0 atom stereocenters. The Balaban J connectivity index is 1.99. The maximum Gasteiger partial charge on any atom is 0.349 e. The fourth-order valence-corrected chi connectivity index (χ4v) is 3.89. The van der Waals surface area contributed by atoms with Crippen LogP contribution in [0.25, 0.3) is 12.2 Å². The number of aromatic hydroxyl groups is 2. The average Bonchev–Trinajstić information content (AvgIpc) is 2.95. The molecular formula is C30H34N4O6. The zero-order chi connectivity index (χ0) is 29.7. The maximum atomic E-state index is 12.4. The van der Waals surface area contributed by atoms with E-state index in [0.29, 0.717) is 0 Å². The Hall–Kier alpha value is -4.96. The van der Waals surface area contributed by atoms with Gasteiger partial charge in [-0.25, -0.2) is 9.59 Å². The van der Waals surface area contributed by atoms with Crippen molar-refractivity contribution in [3.63, 3.8) is 0 Å². The molecule has 0 heterocycles. The lowest BCUT2D eigenvalue weighted by molar-refractivity contribution is -0.146. The SMILES string of the molecule is CCN(CC)c1ccc(/C=C(\C#N)C(=O)OCCOC(=O)/C(C#N)=C/c2ccc(N(CC)CC)cc2O)c(O)c1. The highest BCUT2D eigenvalue weighted by Crippen LogP contribution is 2.28. The quantitative estimate of drug-likeness (QED) is 0.160. The Morgan fingerprint density at radius 3 is 1.35 bits per heavy atom. The van der Waals surface area contributed by atoms with Crippen molar-refractivity contribution < 1.29 is 29.3 Å². The number of nitriles is 2. The number of ether oxygens (including phenoxy) is 2. The van der Waals surface area contributed by atoms with E-state index in [0.717, 1.165) is 37.6 Å². The number of benzene rings is 2. The summed E-state index contributed by atoms with van der Waals surface area (Å²) in [7, 11) is 0. The van der Waals surface area contributed by atoms with Gasteiger partial charge in [0.05, 0.1) is 0 Å². The van der Waals surface area contributed by atoms with E-state index < -0.39 is 11.9 Å². The Labute approximate surface area is 234 Å². The molecule has 0 aliphatic carbocycles. The van der Waals surface area contributed by atoms with Crippen molar-refractivity contribution in [1.29, 1.82) is 10.5 Å². The van der Waals surface area contributed by atoms with Gasteiger partial charge < -0.3 is 29.5 Å². The zero-order valence-electron chi connectivity index (χ0n) is 23.2. The van der Waals surface area contributed by atoms with Crippen molar-refractivity contribution >= 4 is 35.5 Å². The van der Waals surface area contributed by atoms with Crippen LogP contribution in [0.1, 0.15) is 38.8 Å². The Kier molecular flexibility index (Phi) is 12.1. The second-order valence-corrected chi connectivity index (χ2v) is 8.44. The maximum absolute atomic E-state index is 12.4. The summed E-state index contributed by atoms with van der Waals surface area (Å²) < 4.78 is 10.0. The first kappa shape index (κ1) is 31.3. The number of nitrogens with zero attached hydrogens (tertiary/aromatic N) is 4. The highest BCUT2D eigenvalue weighted by atomic mass is 16.6. The first-order valence-electron chi connectivity index (χ1n) is 13.0. The molecule has 0 saturated carbocycles. The third-order valence-corrected chi connectivity index (χ3v) is 6.12. The molecule has 0 bridgehead atoms. The summed E-state index contributed by atoms with van der Waals surface area (Å²) in [6, 6.07) is 13.3. The van der Waals surface area contributed by atoms with Gasteiger partial charge in [0.2, 0.25) is 0 Å². The minimum absolute atomic E-state index is 0.0940. The van der Waals surface area contributed by atoms with Crippen LogP contribution in [0.4, 0.5) is 11.4 Å². The van der Waals surface area contributed by atoms with Gasteiger partial charge in [-0.15, -0.1) is 0 Å². The fourth-order valence-electron chi connectivity index (χ4n) is 3.89. The molecule has 0 radical (unpaired) electrons. The number of rotatable bonds is 13. The lowest BCUT2D eigenvalue weighted by Crippen LogP contribution is -2.21. The van der Waals surface area contributed by atoms with Gasteiger partial charge in [0, 0.05) is 60.8 Å². The number of hydrogen-bond donors (Lipinski definition) is 2. The normalized spacial score (nSPS) is 11.2. The molecule has 2 aromatic rings. The summed E-state index contributed by atoms with van der Waals surface area (Å²) in [5.41, 5.74) is 1.46. The second kappa shape index (κ2) is 15.5. The summed E-state index contributed by atoms with van der Waals surface area (Å²) in [6.45, 7) is 10.2. The Morgan fingerprint density at radius 2 is 1.07 bits per heavy atom. The van der Waals surface area contributed by atoms with E-state index in [1.54, 1.807) is 48.5 Å². The van der Waals surface area contributed by atoms with Crippen LogP contribution in [0.5, 0.6) is 11.5 Å². The predicted molar refractivity (Wildman–Crippen MR) is 152 cm³/mol. The van der Waals surface area contributed by atoms with Crippen molar-refractivity contribution in [2.24, 2.45) is 0 Å². The summed E-state index contributed by atoms with van der Waals surface area (Å²) in [5, 5.41) is 39.5. The zero-order valence-corrected chi connectivity index (χ0v) is 23.2. The average molecular weight is 547 g/mol. The molecule has 0 aromatic heterocycles. The van der Waals surface area contributed by atoms with Crippen molar-refractivity contribution in [2.45, 2.75) is 27.7 Å². The van der Waals surface area contributed by atoms with E-state index >= 15 is 0 Å². The molecule has 0 spiro atoms. The number of phenols is 2. The van der Waals surface area contributed by atoms with E-state index in [-0.39, 0.29) is 47.0 Å². The van der Waals surface area contributed by atoms with Crippen LogP contribution in [0.15, 0.2) is 47.5 Å². The molecule has 210 valence electrons. The lowest BCUT2D eigenvalue weighted by atomic mass is 10.1. The van der Waals surface area contributed by atoms with E-state index in [9.17, 15) is 30.3 Å². The molecule has 0 fully saturated rings. The monoisotopic (exact) mass is 546 g/mol. The smallest absolute Gasteiger partial charge is 0.349 e. The number of hydrogen-bond acceptors (Lipinski definition) is 10. The first-order chi connectivity index (χ1) is 19.2. The minimum Gasteiger partial charge on any atom is -0.507 e. The van der Waals surface area contributed by atoms with Crippen molar-refractivity contribution in [2.75, 3.05) is 49.2 Å². The van der Waals surface area contributed by atoms with Gasteiger partial charge in [-0.05, 0) is 64.1 Å². The van der Waals surface area contributed by atoms with Crippen LogP contribution in [0, 0.1) is 22.7 Å². The molecule has 40 heavy (non-hydrogen) atoms. The predicted octanol–water partition coefficient (Wildman–Crippen LogP) is 4.39. The Morgan fingerprint density at radius 1 is 0.725 bits per heavy atom. The molecule has 0 saturated heterocycles. The first-order valence-corrected chi connectivity index (χ1v) is 13.0. The Bertz CT molecular complexity index is 1240. The van der Waals surface area contributed by atoms with Gasteiger partial charge in [-0.1, -0.05) is 0 Å². The third kappa shape index (κ3) is 8.27. The summed E-state index contributed by atoms with van der Waals surface area (Å²) in [5.74, 6) is -2.10. The molecule has 10 heteroatoms. The molecule has 0 aliphatic heterocycles. The molecular weight excluding hydrogens is 512 g/mol. The molecule has 0 unspecified atom stereocenters. The standard InChI is InChI=1S/C30H34N4O6/c1-5-33(6-2)25-11-9-21(27(35)17-25)15-23(19-31)29(37)39-13-14-40-30(38)24(20-32)16-22-10-12-26(18-28(22)36)34(7-3)8-4/h9-12,15-18,35-36H,5-8,13-14H2,1-4H3/b23-15+,24-16+. The van der Waals surface area contributed by atoms with E-state index in [2.05, 4.69) is 0 Å². The van der Waals surface area contributed by atoms with Crippen LogP contribution in [-0.4, -0.2) is 61.5 Å². The van der Waals surface area contributed by atoms with Crippen molar-refractivity contribution in [3.05, 3.63) is 58.7 Å². The second-order valence-electron chi connectivity index (χ2n) is 8.44. The van der Waals surface area contributed by atoms with Gasteiger partial charge in [0.1, 0.15) is 48.0 Å². The van der Waals surface area contributed by atoms with Gasteiger partial charge in [-0.3, -0.25) is 0 Å². The number of anilines is 2. The van der Waals surface area contributed by atoms with Crippen LogP contribution >= 0.6 is 0 Å². The van der Waals surface area contributed by atoms with Crippen LogP contribution in [0.3, 0.4) is 0 Å². The number of carbonyl (C=O) groups excluding carboxylic acids is 2. The van der Waals surface area contributed by atoms with Crippen LogP contribution in [-0.2, 0) is 19.1 Å². The fraction of sp³-hybridized carbons (Fsp3) is 0.333. The van der Waals surface area contributed by atoms with Gasteiger partial charge in [0.25, 0.3) is 0 Å². The van der Waals surface area contributed by atoms with Gasteiger partial charge >= 0.3 is 11.9 Å². The van der Waals surface area contributed by atoms with E-state index in [4.69, 9.17) is 9.47 Å². The largest absolute Gasteiger partial charge is 0.507 e. The van der Waals surface area contributed by atoms with E-state index in [1.807, 2.05) is 37.5 Å². The highest BCUT2D eigenvalue weighted by Gasteiger charge is 2.16. The number of carbonyl (C=O) groups is 2.